The molecular weight excluding hydrogens is 246 g/mol. The van der Waals surface area contributed by atoms with Crippen LogP contribution in [0.15, 0.2) is 40.9 Å². The average Bonchev–Trinajstić information content (AvgIpc) is 2.34. The lowest BCUT2D eigenvalue weighted by molar-refractivity contribution is -0.123. The van der Waals surface area contributed by atoms with Crippen LogP contribution in [0.25, 0.3) is 0 Å². The maximum Gasteiger partial charge on any atom is 0.250 e. The molecule has 1 fully saturated rings. The molecule has 0 aliphatic carbocycles. The minimum Gasteiger partial charge on any atom is -0.345 e. The second-order valence-corrected chi connectivity index (χ2v) is 5.46. The number of aryl methyl sites for hydroxylation is 1. The van der Waals surface area contributed by atoms with Crippen molar-refractivity contribution < 1.29 is 4.79 Å². The Bertz CT molecular complexity index is 465. The van der Waals surface area contributed by atoms with E-state index >= 15 is 0 Å². The maximum absolute atomic E-state index is 11.5. The van der Waals surface area contributed by atoms with Gasteiger partial charge in [-0.1, -0.05) is 55.8 Å². The van der Waals surface area contributed by atoms with Gasteiger partial charge in [-0.3, -0.25) is 4.79 Å². The van der Waals surface area contributed by atoms with E-state index in [1.807, 2.05) is 18.2 Å². The summed E-state index contributed by atoms with van der Waals surface area (Å²) in [5, 5.41) is 3.60. The van der Waals surface area contributed by atoms with Crippen LogP contribution in [-0.4, -0.2) is 11.9 Å². The first kappa shape index (κ1) is 13.2. The standard InChI is InChI=1S/C15H18ClNO/c1-10(2)14-13(15(18)17-14)12(16)9-8-11-6-4-3-5-7-11/h3-7,10,14H,8-9H2,1-2H3,(H,17,18)/b13-12+/t14-/m1/s1. The molecule has 0 unspecified atom stereocenters. The van der Waals surface area contributed by atoms with Gasteiger partial charge in [0.2, 0.25) is 0 Å². The number of carbonyl (C=O) groups excluding carboxylic acids is 1. The van der Waals surface area contributed by atoms with Gasteiger partial charge in [0.15, 0.2) is 0 Å². The molecule has 1 amide bonds. The SMILES string of the molecule is CC(C)[C@H]1NC(=O)/C1=C(/Cl)CCc1ccccc1. The number of β-lactam (4-membered cyclic amide) rings is 1. The summed E-state index contributed by atoms with van der Waals surface area (Å²) < 4.78 is 0. The topological polar surface area (TPSA) is 29.1 Å². The molecule has 1 aliphatic rings. The first-order valence-electron chi connectivity index (χ1n) is 6.33. The summed E-state index contributed by atoms with van der Waals surface area (Å²) in [6.45, 7) is 4.18. The Morgan fingerprint density at radius 3 is 2.56 bits per heavy atom. The smallest absolute Gasteiger partial charge is 0.250 e. The van der Waals surface area contributed by atoms with Crippen LogP contribution in [0.3, 0.4) is 0 Å². The normalized spacial score (nSPS) is 21.6. The molecule has 0 spiro atoms. The van der Waals surface area contributed by atoms with E-state index in [0.29, 0.717) is 11.0 Å². The average molecular weight is 264 g/mol. The lowest BCUT2D eigenvalue weighted by Gasteiger charge is -2.34. The molecule has 0 aromatic heterocycles. The van der Waals surface area contributed by atoms with Crippen molar-refractivity contribution in [1.29, 1.82) is 0 Å². The van der Waals surface area contributed by atoms with E-state index in [2.05, 4.69) is 31.3 Å². The number of allylic oxidation sites excluding steroid dienone is 1. The summed E-state index contributed by atoms with van der Waals surface area (Å²) in [5.41, 5.74) is 2.03. The number of halogens is 1. The molecule has 2 nitrogen and oxygen atoms in total. The number of benzene rings is 1. The predicted molar refractivity (Wildman–Crippen MR) is 74.4 cm³/mol. The second kappa shape index (κ2) is 5.57. The molecule has 3 heteroatoms. The predicted octanol–water partition coefficient (Wildman–Crippen LogP) is 3.27. The zero-order valence-corrected chi connectivity index (χ0v) is 11.5. The van der Waals surface area contributed by atoms with Crippen molar-refractivity contribution in [2.75, 3.05) is 0 Å². The fourth-order valence-corrected chi connectivity index (χ4v) is 2.48. The van der Waals surface area contributed by atoms with Crippen molar-refractivity contribution in [2.45, 2.75) is 32.7 Å². The van der Waals surface area contributed by atoms with E-state index < -0.39 is 0 Å². The van der Waals surface area contributed by atoms with Crippen LogP contribution in [0.4, 0.5) is 0 Å². The molecular formula is C15H18ClNO. The highest BCUT2D eigenvalue weighted by atomic mass is 35.5. The van der Waals surface area contributed by atoms with Gasteiger partial charge in [0, 0.05) is 5.03 Å². The van der Waals surface area contributed by atoms with E-state index in [1.54, 1.807) is 0 Å². The van der Waals surface area contributed by atoms with Gasteiger partial charge in [0.25, 0.3) is 5.91 Å². The highest BCUT2D eigenvalue weighted by Gasteiger charge is 2.36. The lowest BCUT2D eigenvalue weighted by Crippen LogP contribution is -2.54. The number of hydrogen-bond acceptors (Lipinski definition) is 1. The molecule has 1 atom stereocenters. The Balaban J connectivity index is 2.02. The first-order valence-corrected chi connectivity index (χ1v) is 6.70. The van der Waals surface area contributed by atoms with E-state index in [9.17, 15) is 4.79 Å². The van der Waals surface area contributed by atoms with Gasteiger partial charge in [-0.15, -0.1) is 0 Å². The highest BCUT2D eigenvalue weighted by molar-refractivity contribution is 6.32. The van der Waals surface area contributed by atoms with Crippen LogP contribution < -0.4 is 5.32 Å². The molecule has 0 bridgehead atoms. The van der Waals surface area contributed by atoms with Crippen molar-refractivity contribution in [2.24, 2.45) is 5.92 Å². The van der Waals surface area contributed by atoms with Crippen molar-refractivity contribution in [1.82, 2.24) is 5.32 Å². The number of amides is 1. The Morgan fingerprint density at radius 1 is 1.33 bits per heavy atom. The van der Waals surface area contributed by atoms with Crippen LogP contribution >= 0.6 is 11.6 Å². The first-order chi connectivity index (χ1) is 8.59. The summed E-state index contributed by atoms with van der Waals surface area (Å²) >= 11 is 6.29. The summed E-state index contributed by atoms with van der Waals surface area (Å²) in [4.78, 5) is 11.5. The third-order valence-electron chi connectivity index (χ3n) is 3.28. The van der Waals surface area contributed by atoms with Gasteiger partial charge in [0.05, 0.1) is 11.6 Å². The summed E-state index contributed by atoms with van der Waals surface area (Å²) in [7, 11) is 0. The third-order valence-corrected chi connectivity index (χ3v) is 3.67. The molecule has 1 saturated heterocycles. The molecule has 1 aromatic carbocycles. The van der Waals surface area contributed by atoms with Crippen LogP contribution in [-0.2, 0) is 11.2 Å². The van der Waals surface area contributed by atoms with Crippen molar-refractivity contribution >= 4 is 17.5 Å². The van der Waals surface area contributed by atoms with Crippen molar-refractivity contribution in [3.8, 4) is 0 Å². The Hall–Kier alpha value is -1.28. The monoisotopic (exact) mass is 263 g/mol. The van der Waals surface area contributed by atoms with E-state index in [0.717, 1.165) is 18.4 Å². The summed E-state index contributed by atoms with van der Waals surface area (Å²) in [5.74, 6) is 0.384. The highest BCUT2D eigenvalue weighted by Crippen LogP contribution is 2.28. The fourth-order valence-electron chi connectivity index (χ4n) is 2.18. The molecule has 1 N–H and O–H groups in total. The molecule has 1 aliphatic heterocycles. The summed E-state index contributed by atoms with van der Waals surface area (Å²) in [6.07, 6.45) is 1.61. The molecule has 0 saturated carbocycles. The molecule has 18 heavy (non-hydrogen) atoms. The van der Waals surface area contributed by atoms with Gasteiger partial charge >= 0.3 is 0 Å². The van der Waals surface area contributed by atoms with Crippen LogP contribution in [0, 0.1) is 5.92 Å². The second-order valence-electron chi connectivity index (χ2n) is 5.00. The molecule has 1 heterocycles. The lowest BCUT2D eigenvalue weighted by atomic mass is 9.87. The molecule has 1 aromatic rings. The van der Waals surface area contributed by atoms with Gasteiger partial charge in [0.1, 0.15) is 0 Å². The number of hydrogen-bond donors (Lipinski definition) is 1. The van der Waals surface area contributed by atoms with Gasteiger partial charge in [-0.05, 0) is 24.3 Å². The minimum atomic E-state index is -0.00763. The van der Waals surface area contributed by atoms with Crippen molar-refractivity contribution in [3.63, 3.8) is 0 Å². The van der Waals surface area contributed by atoms with E-state index in [4.69, 9.17) is 11.6 Å². The zero-order chi connectivity index (χ0) is 13.1. The molecule has 0 radical (unpaired) electrons. The quantitative estimate of drug-likeness (QED) is 0.656. The van der Waals surface area contributed by atoms with Crippen LogP contribution in [0.1, 0.15) is 25.8 Å². The van der Waals surface area contributed by atoms with Crippen LogP contribution in [0.5, 0.6) is 0 Å². The number of nitrogens with one attached hydrogen (secondary N) is 1. The Kier molecular flexibility index (Phi) is 4.07. The van der Waals surface area contributed by atoms with Gasteiger partial charge in [-0.2, -0.15) is 0 Å². The fraction of sp³-hybridized carbons (Fsp3) is 0.400. The maximum atomic E-state index is 11.5. The van der Waals surface area contributed by atoms with Gasteiger partial charge in [-0.25, -0.2) is 0 Å². The third kappa shape index (κ3) is 2.75. The van der Waals surface area contributed by atoms with E-state index in [-0.39, 0.29) is 11.9 Å². The minimum absolute atomic E-state index is 0.00763. The molecule has 2 rings (SSSR count). The Labute approximate surface area is 113 Å². The molecule has 96 valence electrons. The van der Waals surface area contributed by atoms with Crippen molar-refractivity contribution in [3.05, 3.63) is 46.5 Å². The van der Waals surface area contributed by atoms with Gasteiger partial charge < -0.3 is 5.32 Å². The number of rotatable bonds is 4. The largest absolute Gasteiger partial charge is 0.345 e. The van der Waals surface area contributed by atoms with E-state index in [1.165, 1.54) is 5.56 Å². The number of carbonyl (C=O) groups is 1. The Morgan fingerprint density at radius 2 is 2.00 bits per heavy atom. The zero-order valence-electron chi connectivity index (χ0n) is 10.7. The summed E-state index contributed by atoms with van der Waals surface area (Å²) in [6, 6.07) is 10.3. The van der Waals surface area contributed by atoms with Crippen LogP contribution in [0.2, 0.25) is 0 Å².